The van der Waals surface area contributed by atoms with E-state index < -0.39 is 16.4 Å². The Balaban J connectivity index is 2.04. The van der Waals surface area contributed by atoms with Gasteiger partial charge in [-0.2, -0.15) is 0 Å². The summed E-state index contributed by atoms with van der Waals surface area (Å²) in [6.07, 6.45) is 8.51. The molecule has 0 aromatic carbocycles. The van der Waals surface area contributed by atoms with Crippen LogP contribution in [0.2, 0.25) is 0 Å². The molecule has 2 aromatic rings. The van der Waals surface area contributed by atoms with Crippen molar-refractivity contribution in [2.45, 2.75) is 0 Å². The Bertz CT molecular complexity index is 422. The van der Waals surface area contributed by atoms with Crippen LogP contribution in [-0.2, 0) is 13.4 Å². The first-order valence-electron chi connectivity index (χ1n) is 3.86. The van der Waals surface area contributed by atoms with Crippen LogP contribution in [0.5, 0.6) is 0 Å². The molecule has 0 amide bonds. The van der Waals surface area contributed by atoms with Crippen molar-refractivity contribution in [1.82, 2.24) is 18.6 Å². The summed E-state index contributed by atoms with van der Waals surface area (Å²) >= 11 is 0. The van der Waals surface area contributed by atoms with Gasteiger partial charge in [0.1, 0.15) is 12.7 Å². The molecule has 2 unspecified atom stereocenters. The van der Waals surface area contributed by atoms with E-state index >= 15 is 0 Å². The van der Waals surface area contributed by atoms with E-state index in [1.54, 1.807) is 0 Å². The molecule has 0 N–H and O–H groups in total. The molecule has 0 spiro atoms. The lowest BCUT2D eigenvalue weighted by Crippen LogP contribution is -1.85. The third-order valence-electron chi connectivity index (χ3n) is 1.50. The Labute approximate surface area is 86.6 Å². The van der Waals surface area contributed by atoms with Crippen LogP contribution < -0.4 is 0 Å². The molecule has 2 aromatic heterocycles. The minimum atomic E-state index is -2.21. The lowest BCUT2D eigenvalue weighted by Gasteiger charge is -1.78. The van der Waals surface area contributed by atoms with E-state index in [4.69, 9.17) is 4.31 Å². The molecule has 9 heteroatoms. The molecular weight excluding hydrogens is 238 g/mol. The van der Waals surface area contributed by atoms with E-state index in [2.05, 4.69) is 9.97 Å². The van der Waals surface area contributed by atoms with Crippen molar-refractivity contribution in [1.29, 1.82) is 0 Å². The van der Waals surface area contributed by atoms with Gasteiger partial charge in [0.05, 0.1) is 12.4 Å². The first-order valence-corrected chi connectivity index (χ1v) is 6.12. The maximum atomic E-state index is 11.4. The Morgan fingerprint density at radius 2 is 1.40 bits per heavy atom. The molecule has 0 aliphatic rings. The van der Waals surface area contributed by atoms with Crippen molar-refractivity contribution >= 4 is 16.4 Å². The molecule has 0 radical (unpaired) electrons. The summed E-state index contributed by atoms with van der Waals surface area (Å²) in [6, 6.07) is 0. The second-order valence-corrected chi connectivity index (χ2v) is 4.97. The maximum Gasteiger partial charge on any atom is 0.701 e. The number of rotatable bonds is 4. The number of hydrogen-bond acceptors (Lipinski definition) is 5. The van der Waals surface area contributed by atoms with Crippen molar-refractivity contribution in [3.05, 3.63) is 37.4 Å². The summed E-state index contributed by atoms with van der Waals surface area (Å²) in [5.41, 5.74) is 0. The fourth-order valence-corrected chi connectivity index (χ4v) is 2.62. The summed E-state index contributed by atoms with van der Waals surface area (Å²) < 4.78 is 30.2. The van der Waals surface area contributed by atoms with Crippen LogP contribution in [0.1, 0.15) is 0 Å². The topological polar surface area (TPSA) is 79.0 Å². The van der Waals surface area contributed by atoms with E-state index in [0.717, 1.165) is 0 Å². The molecule has 0 aliphatic heterocycles. The average Bonchev–Trinajstić information content (AvgIpc) is 2.91. The Morgan fingerprint density at radius 1 is 0.933 bits per heavy atom. The van der Waals surface area contributed by atoms with Gasteiger partial charge < -0.3 is 0 Å². The summed E-state index contributed by atoms with van der Waals surface area (Å²) in [7, 11) is -4.42. The summed E-state index contributed by atoms with van der Waals surface area (Å²) in [4.78, 5) is 7.40. The van der Waals surface area contributed by atoms with Crippen LogP contribution in [0.3, 0.4) is 0 Å². The Hall–Kier alpha value is -1.42. The van der Waals surface area contributed by atoms with Gasteiger partial charge in [0.2, 0.25) is 0 Å². The van der Waals surface area contributed by atoms with Gasteiger partial charge in [0, 0.05) is 21.5 Å². The maximum absolute atomic E-state index is 11.4. The standard InChI is InChI=1S/C6H6N4O3P2/c11-14(9-3-1-7-5-9)13-15(12)10-4-2-8-6-10/h1-6H/q+2. The molecule has 76 valence electrons. The molecule has 2 atom stereocenters. The summed E-state index contributed by atoms with van der Waals surface area (Å²) in [5.74, 6) is 0. The smallest absolute Gasteiger partial charge is 0.241 e. The van der Waals surface area contributed by atoms with Crippen molar-refractivity contribution in [3.63, 3.8) is 0 Å². The SMILES string of the molecule is O=[P+](O[P+](=O)n1ccnc1)n1ccnc1. The lowest BCUT2D eigenvalue weighted by atomic mass is 11.0. The third-order valence-corrected chi connectivity index (χ3v) is 3.84. The minimum absolute atomic E-state index is 1.24. The van der Waals surface area contributed by atoms with Gasteiger partial charge in [-0.15, -0.1) is 0 Å². The van der Waals surface area contributed by atoms with E-state index in [9.17, 15) is 9.13 Å². The lowest BCUT2D eigenvalue weighted by molar-refractivity contribution is 0.476. The van der Waals surface area contributed by atoms with Gasteiger partial charge in [0.25, 0.3) is 0 Å². The molecule has 0 fully saturated rings. The van der Waals surface area contributed by atoms with E-state index in [1.165, 1.54) is 46.1 Å². The predicted octanol–water partition coefficient (Wildman–Crippen LogP) is 1.81. The van der Waals surface area contributed by atoms with Gasteiger partial charge in [-0.1, -0.05) is 8.68 Å². The Morgan fingerprint density at radius 3 is 1.73 bits per heavy atom. The molecule has 7 nitrogen and oxygen atoms in total. The van der Waals surface area contributed by atoms with Crippen molar-refractivity contribution in [3.8, 4) is 0 Å². The normalized spacial score (nSPS) is 12.5. The van der Waals surface area contributed by atoms with Gasteiger partial charge in [-0.25, -0.2) is 9.97 Å². The minimum Gasteiger partial charge on any atom is -0.241 e. The highest BCUT2D eigenvalue weighted by Gasteiger charge is 2.39. The van der Waals surface area contributed by atoms with Gasteiger partial charge in [-0.05, 0) is 0 Å². The zero-order valence-corrected chi connectivity index (χ0v) is 9.16. The Kier molecular flexibility index (Phi) is 2.97. The van der Waals surface area contributed by atoms with Gasteiger partial charge in [-0.3, -0.25) is 0 Å². The van der Waals surface area contributed by atoms with Crippen LogP contribution in [0.25, 0.3) is 0 Å². The van der Waals surface area contributed by atoms with Crippen molar-refractivity contribution in [2.24, 2.45) is 0 Å². The average molecular weight is 244 g/mol. The van der Waals surface area contributed by atoms with Crippen LogP contribution in [-0.4, -0.2) is 18.6 Å². The second kappa shape index (κ2) is 4.40. The predicted molar refractivity (Wildman–Crippen MR) is 51.5 cm³/mol. The van der Waals surface area contributed by atoms with Gasteiger partial charge >= 0.3 is 16.4 Å². The fraction of sp³-hybridized carbons (Fsp3) is 0. The first-order chi connectivity index (χ1) is 7.27. The highest BCUT2D eigenvalue weighted by Crippen LogP contribution is 2.39. The highest BCUT2D eigenvalue weighted by molar-refractivity contribution is 7.51. The molecule has 0 bridgehead atoms. The van der Waals surface area contributed by atoms with E-state index in [-0.39, 0.29) is 0 Å². The number of hydrogen-bond donors (Lipinski definition) is 0. The van der Waals surface area contributed by atoms with Gasteiger partial charge in [0.15, 0.2) is 4.31 Å². The fourth-order valence-electron chi connectivity index (χ4n) is 0.841. The van der Waals surface area contributed by atoms with Crippen LogP contribution in [0, 0.1) is 0 Å². The summed E-state index contributed by atoms with van der Waals surface area (Å²) in [5, 5.41) is 0. The largest absolute Gasteiger partial charge is 0.701 e. The zero-order chi connectivity index (χ0) is 10.7. The number of imidazole rings is 2. The van der Waals surface area contributed by atoms with Crippen LogP contribution in [0.4, 0.5) is 0 Å². The first kappa shape index (κ1) is 10.1. The molecular formula is C6H6N4O3P2+2. The van der Waals surface area contributed by atoms with Crippen molar-refractivity contribution in [2.75, 3.05) is 0 Å². The number of aromatic nitrogens is 4. The third kappa shape index (κ3) is 2.33. The zero-order valence-electron chi connectivity index (χ0n) is 7.37. The van der Waals surface area contributed by atoms with Crippen molar-refractivity contribution < 1.29 is 13.4 Å². The highest BCUT2D eigenvalue weighted by atomic mass is 31.2. The van der Waals surface area contributed by atoms with Crippen LogP contribution >= 0.6 is 16.4 Å². The second-order valence-electron chi connectivity index (χ2n) is 2.44. The monoisotopic (exact) mass is 244 g/mol. The number of nitrogens with zero attached hydrogens (tertiary/aromatic N) is 4. The molecule has 0 aliphatic carbocycles. The molecule has 0 saturated carbocycles. The molecule has 2 heterocycles. The van der Waals surface area contributed by atoms with E-state index in [1.807, 2.05) is 0 Å². The summed E-state index contributed by atoms with van der Waals surface area (Å²) in [6.45, 7) is 0. The molecule has 15 heavy (non-hydrogen) atoms. The quantitative estimate of drug-likeness (QED) is 0.766. The molecule has 0 saturated heterocycles. The molecule has 2 rings (SSSR count). The van der Waals surface area contributed by atoms with Crippen LogP contribution in [0.15, 0.2) is 37.4 Å². The van der Waals surface area contributed by atoms with E-state index in [0.29, 0.717) is 0 Å².